The predicted octanol–water partition coefficient (Wildman–Crippen LogP) is 4.79. The fourth-order valence-electron chi connectivity index (χ4n) is 2.66. The largest absolute Gasteiger partial charge is 0.497 e. The minimum absolute atomic E-state index is 0.0850. The van der Waals surface area contributed by atoms with Crippen molar-refractivity contribution in [1.29, 1.82) is 0 Å². The van der Waals surface area contributed by atoms with Crippen molar-refractivity contribution < 1.29 is 23.8 Å². The topological polar surface area (TPSA) is 61.8 Å². The summed E-state index contributed by atoms with van der Waals surface area (Å²) in [6, 6.07) is 7.61. The first kappa shape index (κ1) is 23.6. The van der Waals surface area contributed by atoms with Crippen LogP contribution in [-0.2, 0) is 25.7 Å². The molecule has 0 saturated carbocycles. The van der Waals surface area contributed by atoms with Crippen molar-refractivity contribution in [3.05, 3.63) is 55.1 Å². The molecule has 0 fully saturated rings. The molecule has 0 amide bonds. The molecule has 0 unspecified atom stereocenters. The van der Waals surface area contributed by atoms with Crippen molar-refractivity contribution in [3.63, 3.8) is 0 Å². The molecule has 5 nitrogen and oxygen atoms in total. The van der Waals surface area contributed by atoms with Crippen molar-refractivity contribution in [1.82, 2.24) is 0 Å². The molecule has 0 aliphatic carbocycles. The Bertz CT molecular complexity index is 649. The first-order valence-corrected chi connectivity index (χ1v) is 9.64. The lowest BCUT2D eigenvalue weighted by atomic mass is 9.93. The zero-order valence-corrected chi connectivity index (χ0v) is 17.2. The number of Topliss-reactive ketones (excluding diaryl/α,β-unsaturated/α-hetero) is 1. The second-order valence-electron chi connectivity index (χ2n) is 6.81. The van der Waals surface area contributed by atoms with Gasteiger partial charge in [0.25, 0.3) is 0 Å². The lowest BCUT2D eigenvalue weighted by Gasteiger charge is -2.27. The maximum Gasteiger partial charge on any atom is 0.330 e. The van der Waals surface area contributed by atoms with Crippen molar-refractivity contribution in [2.24, 2.45) is 0 Å². The second kappa shape index (κ2) is 12.1. The van der Waals surface area contributed by atoms with Gasteiger partial charge in [-0.2, -0.15) is 0 Å². The van der Waals surface area contributed by atoms with Gasteiger partial charge in [0.05, 0.1) is 13.7 Å². The van der Waals surface area contributed by atoms with Crippen LogP contribution in [0.15, 0.2) is 49.6 Å². The van der Waals surface area contributed by atoms with Gasteiger partial charge in [0.2, 0.25) is 0 Å². The molecule has 0 aliphatic rings. The van der Waals surface area contributed by atoms with Crippen molar-refractivity contribution >= 4 is 11.8 Å². The number of rotatable bonds is 14. The summed E-state index contributed by atoms with van der Waals surface area (Å²) in [6.45, 7) is 11.2. The molecule has 0 bridgehead atoms. The average Bonchev–Trinajstić information content (AvgIpc) is 2.73. The number of methoxy groups -OCH3 is 1. The van der Waals surface area contributed by atoms with Crippen LogP contribution in [0.3, 0.4) is 0 Å². The molecule has 0 aromatic heterocycles. The summed E-state index contributed by atoms with van der Waals surface area (Å²) in [5.41, 5.74) is 0.179. The van der Waals surface area contributed by atoms with E-state index in [-0.39, 0.29) is 11.9 Å². The van der Waals surface area contributed by atoms with Gasteiger partial charge in [-0.1, -0.05) is 38.3 Å². The Hall–Kier alpha value is -2.40. The molecule has 0 spiro atoms. The van der Waals surface area contributed by atoms with Gasteiger partial charge in [-0.3, -0.25) is 4.79 Å². The van der Waals surface area contributed by atoms with E-state index >= 15 is 0 Å². The first-order chi connectivity index (χ1) is 13.4. The molecular weight excluding hydrogens is 356 g/mol. The molecular formula is C23H32O5. The molecule has 5 heteroatoms. The predicted molar refractivity (Wildman–Crippen MR) is 110 cm³/mol. The van der Waals surface area contributed by atoms with E-state index in [1.54, 1.807) is 13.2 Å². The summed E-state index contributed by atoms with van der Waals surface area (Å²) in [5.74, 6) is 0.405. The van der Waals surface area contributed by atoms with Crippen LogP contribution in [0.25, 0.3) is 0 Å². The molecule has 1 rings (SSSR count). The molecule has 1 aromatic carbocycles. The number of benzene rings is 1. The van der Waals surface area contributed by atoms with E-state index in [0.717, 1.165) is 23.8 Å². The Morgan fingerprint density at radius 3 is 2.39 bits per heavy atom. The molecule has 0 saturated heterocycles. The Balaban J connectivity index is 2.46. The summed E-state index contributed by atoms with van der Waals surface area (Å²) in [7, 11) is 1.62. The summed E-state index contributed by atoms with van der Waals surface area (Å²) in [5, 5.41) is 0. The fraction of sp³-hybridized carbons (Fsp3) is 0.478. The number of ether oxygens (including phenoxy) is 3. The minimum Gasteiger partial charge on any atom is -0.497 e. The van der Waals surface area contributed by atoms with Crippen LogP contribution >= 0.6 is 0 Å². The van der Waals surface area contributed by atoms with Crippen LogP contribution in [0.4, 0.5) is 0 Å². The monoisotopic (exact) mass is 388 g/mol. The zero-order valence-electron chi connectivity index (χ0n) is 17.2. The highest BCUT2D eigenvalue weighted by atomic mass is 16.5. The Kier molecular flexibility index (Phi) is 10.2. The maximum atomic E-state index is 12.7. The van der Waals surface area contributed by atoms with E-state index in [9.17, 15) is 9.59 Å². The quantitative estimate of drug-likeness (QED) is 0.198. The van der Waals surface area contributed by atoms with E-state index in [2.05, 4.69) is 13.2 Å². The van der Waals surface area contributed by atoms with Gasteiger partial charge in [-0.15, -0.1) is 0 Å². The molecule has 0 aliphatic heterocycles. The molecule has 1 aromatic rings. The van der Waals surface area contributed by atoms with Gasteiger partial charge in [-0.25, -0.2) is 4.79 Å². The van der Waals surface area contributed by atoms with Gasteiger partial charge >= 0.3 is 5.97 Å². The van der Waals surface area contributed by atoms with Crippen LogP contribution in [0.5, 0.6) is 5.75 Å². The van der Waals surface area contributed by atoms with E-state index in [0.29, 0.717) is 32.3 Å². The third-order valence-electron chi connectivity index (χ3n) is 4.82. The highest BCUT2D eigenvalue weighted by Gasteiger charge is 2.31. The van der Waals surface area contributed by atoms with Gasteiger partial charge in [0.15, 0.2) is 5.78 Å². The van der Waals surface area contributed by atoms with Gasteiger partial charge in [-0.05, 0) is 50.3 Å². The lowest BCUT2D eigenvalue weighted by Crippen LogP contribution is -2.37. The number of ketones is 1. The minimum atomic E-state index is -0.812. The normalized spacial score (nSPS) is 13.8. The van der Waals surface area contributed by atoms with Gasteiger partial charge in [0.1, 0.15) is 17.5 Å². The Morgan fingerprint density at radius 2 is 1.86 bits per heavy atom. The summed E-state index contributed by atoms with van der Waals surface area (Å²) in [4.78, 5) is 23.9. The summed E-state index contributed by atoms with van der Waals surface area (Å²) < 4.78 is 16.3. The highest BCUT2D eigenvalue weighted by molar-refractivity contribution is 5.86. The second-order valence-corrected chi connectivity index (χ2v) is 6.81. The van der Waals surface area contributed by atoms with E-state index < -0.39 is 11.6 Å². The van der Waals surface area contributed by atoms with Gasteiger partial charge < -0.3 is 14.2 Å². The van der Waals surface area contributed by atoms with Crippen LogP contribution in [0.1, 0.15) is 51.5 Å². The molecule has 2 atom stereocenters. The number of hydrogen-bond acceptors (Lipinski definition) is 5. The third kappa shape index (κ3) is 7.69. The average molecular weight is 389 g/mol. The van der Waals surface area contributed by atoms with Gasteiger partial charge in [0, 0.05) is 12.5 Å². The van der Waals surface area contributed by atoms with Crippen molar-refractivity contribution in [3.8, 4) is 5.75 Å². The number of esters is 1. The SMILES string of the molecule is C=CC(=O)O[C@@H](C=C)CCCCC(=O)[C@@](C)(CC)OCc1ccc(OC)cc1. The van der Waals surface area contributed by atoms with E-state index in [4.69, 9.17) is 14.2 Å². The summed E-state index contributed by atoms with van der Waals surface area (Å²) >= 11 is 0. The highest BCUT2D eigenvalue weighted by Crippen LogP contribution is 2.23. The number of hydrogen-bond donors (Lipinski definition) is 0. The van der Waals surface area contributed by atoms with E-state index in [1.165, 1.54) is 0 Å². The molecule has 0 N–H and O–H groups in total. The standard InChI is InChI=1S/C23H32O5/c1-6-19(28-22(25)7-2)11-9-10-12-21(24)23(4,8-3)27-17-18-13-15-20(26-5)16-14-18/h6-7,13-16,19H,1-2,8-12,17H2,3-5H3/t19-,23+/m0/s1. The number of unbranched alkanes of at least 4 members (excludes halogenated alkanes) is 1. The Labute approximate surface area is 168 Å². The number of carbonyl (C=O) groups is 2. The lowest BCUT2D eigenvalue weighted by molar-refractivity contribution is -0.145. The molecule has 28 heavy (non-hydrogen) atoms. The van der Waals surface area contributed by atoms with Crippen LogP contribution in [0.2, 0.25) is 0 Å². The van der Waals surface area contributed by atoms with Crippen molar-refractivity contribution in [2.45, 2.75) is 64.3 Å². The maximum absolute atomic E-state index is 12.7. The fourth-order valence-corrected chi connectivity index (χ4v) is 2.66. The zero-order chi connectivity index (χ0) is 21.0. The van der Waals surface area contributed by atoms with E-state index in [1.807, 2.05) is 38.1 Å². The third-order valence-corrected chi connectivity index (χ3v) is 4.82. The molecule has 0 radical (unpaired) electrons. The molecule has 154 valence electrons. The Morgan fingerprint density at radius 1 is 1.18 bits per heavy atom. The van der Waals surface area contributed by atoms with Crippen molar-refractivity contribution in [2.75, 3.05) is 7.11 Å². The first-order valence-electron chi connectivity index (χ1n) is 9.64. The smallest absolute Gasteiger partial charge is 0.330 e. The molecule has 0 heterocycles. The van der Waals surface area contributed by atoms with Crippen LogP contribution in [-0.4, -0.2) is 30.6 Å². The van der Waals surface area contributed by atoms with Crippen LogP contribution < -0.4 is 4.74 Å². The van der Waals surface area contributed by atoms with Crippen LogP contribution in [0, 0.1) is 0 Å². The number of carbonyl (C=O) groups excluding carboxylic acids is 2. The summed E-state index contributed by atoms with van der Waals surface area (Å²) in [6.07, 6.45) is 5.49.